The molecule has 2 heterocycles. The third-order valence-corrected chi connectivity index (χ3v) is 5.38. The Labute approximate surface area is 195 Å². The maximum Gasteiger partial charge on any atom is 0.191 e. The van der Waals surface area contributed by atoms with Gasteiger partial charge in [-0.25, -0.2) is 4.99 Å². The number of furan rings is 1. The Hall–Kier alpha value is -1.74. The predicted molar refractivity (Wildman–Crippen MR) is 129 cm³/mol. The molecule has 2 N–H and O–H groups in total. The van der Waals surface area contributed by atoms with Crippen LogP contribution in [-0.4, -0.2) is 38.9 Å². The zero-order valence-corrected chi connectivity index (χ0v) is 19.7. The van der Waals surface area contributed by atoms with Gasteiger partial charge in [-0.15, -0.1) is 24.0 Å². The van der Waals surface area contributed by atoms with Crippen LogP contribution >= 0.6 is 24.0 Å². The number of halogens is 1. The van der Waals surface area contributed by atoms with Crippen LogP contribution in [0.1, 0.15) is 30.6 Å². The summed E-state index contributed by atoms with van der Waals surface area (Å²) in [5, 5.41) is 6.91. The first-order valence-electron chi connectivity index (χ1n) is 10.7. The smallest absolute Gasteiger partial charge is 0.191 e. The molecule has 1 saturated heterocycles. The second-order valence-corrected chi connectivity index (χ2v) is 7.89. The van der Waals surface area contributed by atoms with Crippen LogP contribution in [0.3, 0.4) is 0 Å². The molecule has 1 saturated carbocycles. The molecule has 0 spiro atoms. The molecule has 0 amide bonds. The van der Waals surface area contributed by atoms with E-state index in [0.29, 0.717) is 12.5 Å². The summed E-state index contributed by atoms with van der Waals surface area (Å²) in [7, 11) is 0. The molecule has 0 bridgehead atoms. The summed E-state index contributed by atoms with van der Waals surface area (Å²) >= 11 is 0. The Bertz CT molecular complexity index is 772. The van der Waals surface area contributed by atoms with E-state index in [4.69, 9.17) is 18.9 Å². The fraction of sp³-hybridized carbons (Fsp3) is 0.522. The molecule has 164 valence electrons. The van der Waals surface area contributed by atoms with Crippen molar-refractivity contribution in [2.75, 3.05) is 32.9 Å². The number of benzene rings is 1. The van der Waals surface area contributed by atoms with Gasteiger partial charge in [0.1, 0.15) is 11.5 Å². The normalized spacial score (nSPS) is 18.7. The lowest BCUT2D eigenvalue weighted by Crippen LogP contribution is -2.40. The first-order valence-corrected chi connectivity index (χ1v) is 10.7. The quantitative estimate of drug-likeness (QED) is 0.279. The van der Waals surface area contributed by atoms with Gasteiger partial charge >= 0.3 is 0 Å². The fourth-order valence-electron chi connectivity index (χ4n) is 3.35. The summed E-state index contributed by atoms with van der Waals surface area (Å²) < 4.78 is 16.9. The van der Waals surface area contributed by atoms with Crippen molar-refractivity contribution in [3.8, 4) is 5.75 Å². The zero-order chi connectivity index (χ0) is 19.7. The molecule has 2 aliphatic rings. The van der Waals surface area contributed by atoms with Crippen molar-refractivity contribution in [3.05, 3.63) is 54.0 Å². The van der Waals surface area contributed by atoms with Gasteiger partial charge in [0.25, 0.3) is 0 Å². The molecular formula is C23H32IN3O3. The Balaban J connectivity index is 0.00000256. The van der Waals surface area contributed by atoms with Crippen LogP contribution in [0.5, 0.6) is 5.75 Å². The molecule has 1 aliphatic carbocycles. The number of rotatable bonds is 10. The first kappa shape index (κ1) is 22.9. The molecule has 1 aromatic heterocycles. The number of hydrogen-bond donors (Lipinski definition) is 2. The van der Waals surface area contributed by atoms with Crippen molar-refractivity contribution in [3.63, 3.8) is 0 Å². The number of guanidine groups is 1. The molecular weight excluding hydrogens is 493 g/mol. The van der Waals surface area contributed by atoms with Crippen LogP contribution in [-0.2, 0) is 17.7 Å². The molecule has 1 aromatic carbocycles. The number of hydrogen-bond acceptors (Lipinski definition) is 4. The molecule has 2 aromatic rings. The first-order chi connectivity index (χ1) is 14.4. The average Bonchev–Trinajstić information content (AvgIpc) is 3.18. The van der Waals surface area contributed by atoms with E-state index in [0.717, 1.165) is 74.7 Å². The summed E-state index contributed by atoms with van der Waals surface area (Å²) in [6, 6.07) is 12.1. The lowest BCUT2D eigenvalue weighted by Gasteiger charge is -2.15. The van der Waals surface area contributed by atoms with Crippen molar-refractivity contribution >= 4 is 29.9 Å². The summed E-state index contributed by atoms with van der Waals surface area (Å²) in [5.41, 5.74) is 1.12. The lowest BCUT2D eigenvalue weighted by molar-refractivity contribution is 0.186. The van der Waals surface area contributed by atoms with Crippen molar-refractivity contribution in [1.82, 2.24) is 10.6 Å². The summed E-state index contributed by atoms with van der Waals surface area (Å²) in [6.45, 7) is 4.71. The molecule has 7 heteroatoms. The fourth-order valence-corrected chi connectivity index (χ4v) is 3.35. The monoisotopic (exact) mass is 525 g/mol. The maximum absolute atomic E-state index is 6.03. The van der Waals surface area contributed by atoms with E-state index >= 15 is 0 Å². The van der Waals surface area contributed by atoms with Crippen LogP contribution in [0.2, 0.25) is 0 Å². The van der Waals surface area contributed by atoms with Crippen LogP contribution in [0.15, 0.2) is 52.1 Å². The molecule has 1 aliphatic heterocycles. The Morgan fingerprint density at radius 2 is 1.97 bits per heavy atom. The Kier molecular flexibility index (Phi) is 9.32. The third kappa shape index (κ3) is 7.50. The minimum atomic E-state index is 0. The van der Waals surface area contributed by atoms with E-state index in [9.17, 15) is 0 Å². The van der Waals surface area contributed by atoms with Crippen molar-refractivity contribution in [1.29, 1.82) is 0 Å². The van der Waals surface area contributed by atoms with E-state index in [1.54, 1.807) is 6.26 Å². The average molecular weight is 525 g/mol. The predicted octanol–water partition coefficient (Wildman–Crippen LogP) is 4.00. The largest absolute Gasteiger partial charge is 0.493 e. The minimum Gasteiger partial charge on any atom is -0.493 e. The van der Waals surface area contributed by atoms with Crippen LogP contribution in [0.4, 0.5) is 0 Å². The van der Waals surface area contributed by atoms with Gasteiger partial charge < -0.3 is 24.5 Å². The summed E-state index contributed by atoms with van der Waals surface area (Å²) in [4.78, 5) is 4.82. The highest BCUT2D eigenvalue weighted by Gasteiger charge is 2.22. The zero-order valence-electron chi connectivity index (χ0n) is 17.3. The van der Waals surface area contributed by atoms with E-state index in [1.165, 1.54) is 12.8 Å². The third-order valence-electron chi connectivity index (χ3n) is 5.38. The maximum atomic E-state index is 6.03. The number of aliphatic imine (C=N–C) groups is 1. The van der Waals surface area contributed by atoms with Gasteiger partial charge in [0.2, 0.25) is 0 Å². The van der Waals surface area contributed by atoms with Gasteiger partial charge in [-0.3, -0.25) is 0 Å². The summed E-state index contributed by atoms with van der Waals surface area (Å²) in [5.74, 6) is 4.02. The van der Waals surface area contributed by atoms with Crippen molar-refractivity contribution in [2.24, 2.45) is 16.8 Å². The Morgan fingerprint density at radius 3 is 2.73 bits per heavy atom. The number of nitrogens with one attached hydrogen (secondary N) is 2. The van der Waals surface area contributed by atoms with Gasteiger partial charge in [-0.1, -0.05) is 18.2 Å². The van der Waals surface area contributed by atoms with Crippen LogP contribution in [0, 0.1) is 11.8 Å². The highest BCUT2D eigenvalue weighted by molar-refractivity contribution is 14.0. The minimum absolute atomic E-state index is 0. The van der Waals surface area contributed by atoms with Gasteiger partial charge in [0, 0.05) is 37.6 Å². The highest BCUT2D eigenvalue weighted by Crippen LogP contribution is 2.30. The summed E-state index contributed by atoms with van der Waals surface area (Å²) in [6.07, 6.45) is 6.21. The number of nitrogens with zero attached hydrogens (tertiary/aromatic N) is 1. The number of ether oxygens (including phenoxy) is 2. The molecule has 0 radical (unpaired) electrons. The topological polar surface area (TPSA) is 68.0 Å². The second kappa shape index (κ2) is 12.2. The lowest BCUT2D eigenvalue weighted by atomic mass is 10.1. The van der Waals surface area contributed by atoms with Gasteiger partial charge in [0.05, 0.1) is 26.0 Å². The molecule has 6 nitrogen and oxygen atoms in total. The molecule has 4 rings (SSSR count). The molecule has 30 heavy (non-hydrogen) atoms. The van der Waals surface area contributed by atoms with Crippen molar-refractivity contribution < 1.29 is 13.9 Å². The van der Waals surface area contributed by atoms with E-state index in [-0.39, 0.29) is 24.0 Å². The van der Waals surface area contributed by atoms with E-state index < -0.39 is 0 Å². The Morgan fingerprint density at radius 1 is 1.07 bits per heavy atom. The van der Waals surface area contributed by atoms with Gasteiger partial charge in [0.15, 0.2) is 5.96 Å². The SMILES string of the molecule is I.c1coc(CCNC(=NCc2ccccc2OCC2CC2)NCC2CCOC2)c1. The molecule has 1 unspecified atom stereocenters. The van der Waals surface area contributed by atoms with Gasteiger partial charge in [-0.2, -0.15) is 0 Å². The van der Waals surface area contributed by atoms with E-state index in [1.807, 2.05) is 30.3 Å². The van der Waals surface area contributed by atoms with E-state index in [2.05, 4.69) is 16.7 Å². The standard InChI is InChI=1S/C23H31N3O3.HI/c1-2-6-22(29-17-18-7-8-18)20(4-1)15-26-23(25-14-19-10-13-27-16-19)24-11-9-21-5-3-12-28-21;/h1-6,12,18-19H,7-11,13-17H2,(H2,24,25,26);1H. The van der Waals surface area contributed by atoms with Gasteiger partial charge in [-0.05, 0) is 43.4 Å². The highest BCUT2D eigenvalue weighted by atomic mass is 127. The second-order valence-electron chi connectivity index (χ2n) is 7.89. The van der Waals surface area contributed by atoms with Crippen molar-refractivity contribution in [2.45, 2.75) is 32.2 Å². The molecule has 2 fully saturated rings. The molecule has 1 atom stereocenters. The van der Waals surface area contributed by atoms with Crippen LogP contribution < -0.4 is 15.4 Å². The van der Waals surface area contributed by atoms with Crippen LogP contribution in [0.25, 0.3) is 0 Å². The number of para-hydroxylation sites is 1.